The maximum atomic E-state index is 13.8. The van der Waals surface area contributed by atoms with Crippen LogP contribution in [0.15, 0.2) is 47.4 Å². The van der Waals surface area contributed by atoms with Gasteiger partial charge in [-0.05, 0) is 78.9 Å². The highest BCUT2D eigenvalue weighted by Gasteiger charge is 2.58. The van der Waals surface area contributed by atoms with Gasteiger partial charge < -0.3 is 14.8 Å². The van der Waals surface area contributed by atoms with E-state index in [1.54, 1.807) is 13.8 Å². The fourth-order valence-corrected chi connectivity index (χ4v) is 6.29. The predicted octanol–water partition coefficient (Wildman–Crippen LogP) is 4.18. The average Bonchev–Trinajstić information content (AvgIpc) is 3.11. The molecule has 2 aliphatic heterocycles. The van der Waals surface area contributed by atoms with Crippen molar-refractivity contribution in [3.05, 3.63) is 74.2 Å². The van der Waals surface area contributed by atoms with Crippen LogP contribution in [0, 0.1) is 47.6 Å². The summed E-state index contributed by atoms with van der Waals surface area (Å²) in [7, 11) is -1.23. The van der Waals surface area contributed by atoms with Gasteiger partial charge in [-0.15, -0.1) is 0 Å². The second kappa shape index (κ2) is 9.11. The minimum absolute atomic E-state index is 0.0289. The molecule has 0 bridgehead atoms. The zero-order chi connectivity index (χ0) is 26.8. The van der Waals surface area contributed by atoms with Gasteiger partial charge in [-0.2, -0.15) is 0 Å². The van der Waals surface area contributed by atoms with Crippen molar-refractivity contribution in [2.75, 3.05) is 4.90 Å². The molecule has 0 spiro atoms. The maximum absolute atomic E-state index is 13.8. The largest absolute Gasteiger partial charge is 0.507 e. The van der Waals surface area contributed by atoms with E-state index in [1.807, 2.05) is 26.0 Å². The van der Waals surface area contributed by atoms with Gasteiger partial charge in [0.1, 0.15) is 5.75 Å². The molecule has 192 valence electrons. The summed E-state index contributed by atoms with van der Waals surface area (Å²) in [4.78, 5) is 39.3. The number of carbonyl (C=O) groups excluding carboxylic acids is 2. The Morgan fingerprint density at radius 3 is 2.41 bits per heavy atom. The van der Waals surface area contributed by atoms with Crippen LogP contribution in [-0.4, -0.2) is 34.0 Å². The van der Waals surface area contributed by atoms with Crippen molar-refractivity contribution in [3.63, 3.8) is 0 Å². The number of aryl methyl sites for hydroxylation is 2. The number of nitro benzene ring substituents is 1. The fourth-order valence-electron chi connectivity index (χ4n) is 6.29. The second-order valence-electron chi connectivity index (χ2n) is 10.6. The third-order valence-electron chi connectivity index (χ3n) is 8.03. The molecule has 2 heterocycles. The summed E-state index contributed by atoms with van der Waals surface area (Å²) in [6, 6.07) is 9.18. The van der Waals surface area contributed by atoms with Crippen LogP contribution in [0.2, 0.25) is 0 Å². The van der Waals surface area contributed by atoms with Crippen molar-refractivity contribution >= 4 is 30.3 Å². The van der Waals surface area contributed by atoms with Gasteiger partial charge in [-0.1, -0.05) is 25.5 Å². The smallest absolute Gasteiger partial charge is 0.487 e. The van der Waals surface area contributed by atoms with E-state index in [0.29, 0.717) is 29.4 Å². The van der Waals surface area contributed by atoms with Gasteiger partial charge in [0.25, 0.3) is 5.69 Å². The lowest BCUT2D eigenvalue weighted by Gasteiger charge is -2.43. The SMILES string of the molecule is Cc1cc([C@@H]2C[C@@H]3C(=C(C(C)C)C[C@@H]4C(=O)N(c5cccc([N+](=O)[O-])c5)C(=O)[C@@H]43)B(O)O2)cc(C)c1O. The molecule has 1 aliphatic carbocycles. The van der Waals surface area contributed by atoms with Gasteiger partial charge in [0, 0.05) is 12.1 Å². The average molecular weight is 504 g/mol. The molecule has 5 rings (SSSR count). The van der Waals surface area contributed by atoms with Crippen LogP contribution in [0.5, 0.6) is 5.75 Å². The zero-order valence-electron chi connectivity index (χ0n) is 21.2. The lowest BCUT2D eigenvalue weighted by molar-refractivity contribution is -0.384. The Morgan fingerprint density at radius 1 is 1.11 bits per heavy atom. The highest BCUT2D eigenvalue weighted by atomic mass is 16.6. The van der Waals surface area contributed by atoms with Crippen molar-refractivity contribution in [2.45, 2.75) is 46.6 Å². The summed E-state index contributed by atoms with van der Waals surface area (Å²) in [5.41, 5.74) is 3.71. The Kier molecular flexibility index (Phi) is 6.20. The van der Waals surface area contributed by atoms with E-state index in [2.05, 4.69) is 0 Å². The van der Waals surface area contributed by atoms with Crippen LogP contribution in [-0.2, 0) is 14.2 Å². The molecule has 2 saturated heterocycles. The number of non-ortho nitro benzene ring substituents is 1. The van der Waals surface area contributed by atoms with E-state index < -0.39 is 41.8 Å². The monoisotopic (exact) mass is 504 g/mol. The molecule has 0 unspecified atom stereocenters. The number of hydrogen-bond donors (Lipinski definition) is 2. The first kappa shape index (κ1) is 25.2. The number of aromatic hydroxyl groups is 1. The van der Waals surface area contributed by atoms with Crippen LogP contribution in [0.3, 0.4) is 0 Å². The normalized spacial score (nSPS) is 25.6. The summed E-state index contributed by atoms with van der Waals surface area (Å²) in [5.74, 6) is -2.31. The molecule has 2 aromatic rings. The Bertz CT molecular complexity index is 1330. The van der Waals surface area contributed by atoms with E-state index in [-0.39, 0.29) is 28.9 Å². The van der Waals surface area contributed by atoms with Gasteiger partial charge >= 0.3 is 7.12 Å². The van der Waals surface area contributed by atoms with Crippen molar-refractivity contribution in [3.8, 4) is 5.75 Å². The number of benzene rings is 2. The quantitative estimate of drug-likeness (QED) is 0.277. The molecule has 4 atom stereocenters. The molecular formula is C27H29BN2O7. The molecular weight excluding hydrogens is 475 g/mol. The minimum Gasteiger partial charge on any atom is -0.507 e. The van der Waals surface area contributed by atoms with Gasteiger partial charge in [0.2, 0.25) is 11.8 Å². The number of hydrogen-bond acceptors (Lipinski definition) is 7. The number of carbonyl (C=O) groups is 2. The Hall–Kier alpha value is -3.50. The molecule has 9 nitrogen and oxygen atoms in total. The Morgan fingerprint density at radius 2 is 1.78 bits per heavy atom. The molecule has 37 heavy (non-hydrogen) atoms. The summed E-state index contributed by atoms with van der Waals surface area (Å²) in [5, 5.41) is 32.7. The lowest BCUT2D eigenvalue weighted by Crippen LogP contribution is -2.45. The number of anilines is 1. The van der Waals surface area contributed by atoms with Crippen LogP contribution < -0.4 is 4.90 Å². The molecule has 2 fully saturated rings. The third kappa shape index (κ3) is 4.04. The van der Waals surface area contributed by atoms with Gasteiger partial charge in [0.15, 0.2) is 0 Å². The van der Waals surface area contributed by atoms with Crippen LogP contribution in [0.1, 0.15) is 49.5 Å². The van der Waals surface area contributed by atoms with E-state index in [1.165, 1.54) is 24.3 Å². The summed E-state index contributed by atoms with van der Waals surface area (Å²) in [6.07, 6.45) is 0.172. The maximum Gasteiger partial charge on any atom is 0.487 e. The van der Waals surface area contributed by atoms with Crippen molar-refractivity contribution in [2.24, 2.45) is 23.7 Å². The lowest BCUT2D eigenvalue weighted by atomic mass is 9.54. The van der Waals surface area contributed by atoms with Crippen LogP contribution >= 0.6 is 0 Å². The highest BCUT2D eigenvalue weighted by molar-refractivity contribution is 6.53. The number of fused-ring (bicyclic) bond motifs is 3. The molecule has 0 saturated carbocycles. The van der Waals surface area contributed by atoms with E-state index in [9.17, 15) is 29.8 Å². The van der Waals surface area contributed by atoms with Crippen LogP contribution in [0.25, 0.3) is 0 Å². The molecule has 10 heteroatoms. The summed E-state index contributed by atoms with van der Waals surface area (Å²) < 4.78 is 6.07. The van der Waals surface area contributed by atoms with E-state index >= 15 is 0 Å². The summed E-state index contributed by atoms with van der Waals surface area (Å²) in [6.45, 7) is 7.57. The van der Waals surface area contributed by atoms with Gasteiger partial charge in [0.05, 0.1) is 28.6 Å². The number of nitrogens with zero attached hydrogens (tertiary/aromatic N) is 2. The van der Waals surface area contributed by atoms with Crippen molar-refractivity contribution < 1.29 is 29.3 Å². The zero-order valence-corrected chi connectivity index (χ0v) is 21.2. The van der Waals surface area contributed by atoms with Crippen LogP contribution in [0.4, 0.5) is 11.4 Å². The highest BCUT2D eigenvalue weighted by Crippen LogP contribution is 2.53. The number of allylic oxidation sites excluding steroid dienone is 2. The number of amides is 2. The Labute approximate surface area is 215 Å². The second-order valence-corrected chi connectivity index (χ2v) is 10.6. The van der Waals surface area contributed by atoms with Gasteiger partial charge in [-0.25, -0.2) is 4.90 Å². The fraction of sp³-hybridized carbons (Fsp3) is 0.407. The number of nitro groups is 1. The third-order valence-corrected chi connectivity index (χ3v) is 8.03. The first-order valence-corrected chi connectivity index (χ1v) is 12.5. The van der Waals surface area contributed by atoms with Crippen molar-refractivity contribution in [1.29, 1.82) is 0 Å². The predicted molar refractivity (Wildman–Crippen MR) is 137 cm³/mol. The molecule has 2 N–H and O–H groups in total. The molecule has 0 aromatic heterocycles. The number of phenols is 1. The van der Waals surface area contributed by atoms with Gasteiger partial charge in [-0.3, -0.25) is 19.7 Å². The molecule has 2 amide bonds. The first-order chi connectivity index (χ1) is 17.5. The Balaban J connectivity index is 1.57. The standard InChI is InChI=1S/C27H29BN2O7/c1-13(2)19-11-21-23(27(33)29(26(21)32)17-6-5-7-18(10-17)30(35)36)20-12-22(37-28(34)24(19)20)16-8-14(3)25(31)15(4)9-16/h5-10,13,20-23,31,34H,11-12H2,1-4H3/t20-,21-,22-,23+/m0/s1. The topological polar surface area (TPSA) is 130 Å². The van der Waals surface area contributed by atoms with Crippen molar-refractivity contribution in [1.82, 2.24) is 0 Å². The number of rotatable bonds is 4. The molecule has 0 radical (unpaired) electrons. The van der Waals surface area contributed by atoms with E-state index in [4.69, 9.17) is 4.65 Å². The minimum atomic E-state index is -1.23. The number of phenolic OH excluding ortho intramolecular Hbond substituents is 1. The first-order valence-electron chi connectivity index (χ1n) is 12.5. The molecule has 2 aromatic carbocycles. The van der Waals surface area contributed by atoms with E-state index in [0.717, 1.165) is 16.0 Å². The molecule has 3 aliphatic rings. The summed E-state index contributed by atoms with van der Waals surface area (Å²) >= 11 is 0. The number of imide groups is 1.